The summed E-state index contributed by atoms with van der Waals surface area (Å²) >= 11 is 0. The number of fused-ring (bicyclic) bond motifs is 1. The number of rotatable bonds is 4. The van der Waals surface area contributed by atoms with Crippen LogP contribution >= 0.6 is 0 Å². The van der Waals surface area contributed by atoms with Crippen LogP contribution in [0.3, 0.4) is 0 Å². The van der Waals surface area contributed by atoms with Crippen LogP contribution in [-0.4, -0.2) is 21.1 Å². The van der Waals surface area contributed by atoms with Gasteiger partial charge in [0, 0.05) is 22.7 Å². The molecule has 0 aliphatic heterocycles. The van der Waals surface area contributed by atoms with Crippen LogP contribution in [0.25, 0.3) is 22.3 Å². The molecule has 1 atom stereocenters. The summed E-state index contributed by atoms with van der Waals surface area (Å²) in [6.07, 6.45) is 0.995. The average molecular weight is 333 g/mol. The SMILES string of the molecule is C[C@@H](OC(=O)c1c[nH]c2ccccc12)c1nc(-c2ccccc2)no1. The van der Waals surface area contributed by atoms with Crippen LogP contribution in [0.15, 0.2) is 65.3 Å². The second kappa shape index (κ2) is 6.24. The first-order valence-electron chi connectivity index (χ1n) is 7.88. The standard InChI is InChI=1S/C19H15N3O3/c1-12(18-21-17(22-25-18)13-7-3-2-4-8-13)24-19(23)15-11-20-16-10-6-5-9-14(15)16/h2-12,20H,1H3/t12-/m1/s1. The summed E-state index contributed by atoms with van der Waals surface area (Å²) in [5.41, 5.74) is 2.20. The number of hydrogen-bond acceptors (Lipinski definition) is 5. The summed E-state index contributed by atoms with van der Waals surface area (Å²) < 4.78 is 10.7. The van der Waals surface area contributed by atoms with Crippen molar-refractivity contribution in [2.75, 3.05) is 0 Å². The largest absolute Gasteiger partial charge is 0.449 e. The van der Waals surface area contributed by atoms with Crippen molar-refractivity contribution in [3.05, 3.63) is 72.2 Å². The molecule has 6 nitrogen and oxygen atoms in total. The third kappa shape index (κ3) is 2.89. The van der Waals surface area contributed by atoms with Crippen LogP contribution in [0.2, 0.25) is 0 Å². The van der Waals surface area contributed by atoms with Crippen LogP contribution in [0.1, 0.15) is 29.3 Å². The highest BCUT2D eigenvalue weighted by molar-refractivity contribution is 6.04. The van der Waals surface area contributed by atoms with Crippen molar-refractivity contribution in [3.8, 4) is 11.4 Å². The van der Waals surface area contributed by atoms with E-state index >= 15 is 0 Å². The smallest absolute Gasteiger partial charge is 0.341 e. The molecule has 0 saturated heterocycles. The normalized spacial score (nSPS) is 12.2. The molecule has 2 heterocycles. The van der Waals surface area contributed by atoms with Crippen LogP contribution in [0.4, 0.5) is 0 Å². The number of hydrogen-bond donors (Lipinski definition) is 1. The molecule has 1 N–H and O–H groups in total. The number of ether oxygens (including phenoxy) is 1. The zero-order valence-corrected chi connectivity index (χ0v) is 13.5. The van der Waals surface area contributed by atoms with Gasteiger partial charge in [0.15, 0.2) is 6.10 Å². The molecule has 0 aliphatic carbocycles. The topological polar surface area (TPSA) is 81.0 Å². The monoisotopic (exact) mass is 333 g/mol. The summed E-state index contributed by atoms with van der Waals surface area (Å²) in [4.78, 5) is 19.8. The fraction of sp³-hybridized carbons (Fsp3) is 0.105. The van der Waals surface area contributed by atoms with Gasteiger partial charge in [-0.1, -0.05) is 53.7 Å². The zero-order chi connectivity index (χ0) is 17.2. The van der Waals surface area contributed by atoms with Gasteiger partial charge >= 0.3 is 5.97 Å². The highest BCUT2D eigenvalue weighted by atomic mass is 16.6. The van der Waals surface area contributed by atoms with Gasteiger partial charge in [0.25, 0.3) is 5.89 Å². The highest BCUT2D eigenvalue weighted by Gasteiger charge is 2.21. The Kier molecular flexibility index (Phi) is 3.78. The van der Waals surface area contributed by atoms with Gasteiger partial charge in [-0.25, -0.2) is 4.79 Å². The summed E-state index contributed by atoms with van der Waals surface area (Å²) in [5, 5.41) is 4.76. The number of benzene rings is 2. The van der Waals surface area contributed by atoms with E-state index < -0.39 is 12.1 Å². The Balaban J connectivity index is 1.53. The minimum atomic E-state index is -0.647. The van der Waals surface area contributed by atoms with Crippen molar-refractivity contribution in [3.63, 3.8) is 0 Å². The minimum absolute atomic E-state index is 0.257. The van der Waals surface area contributed by atoms with Crippen molar-refractivity contribution in [1.82, 2.24) is 15.1 Å². The van der Waals surface area contributed by atoms with Gasteiger partial charge in [-0.15, -0.1) is 0 Å². The molecule has 6 heteroatoms. The van der Waals surface area contributed by atoms with Crippen molar-refractivity contribution in [2.45, 2.75) is 13.0 Å². The summed E-state index contributed by atoms with van der Waals surface area (Å²) in [7, 11) is 0. The highest BCUT2D eigenvalue weighted by Crippen LogP contribution is 2.24. The molecule has 0 unspecified atom stereocenters. The van der Waals surface area contributed by atoms with Gasteiger partial charge in [-0.2, -0.15) is 4.98 Å². The molecule has 25 heavy (non-hydrogen) atoms. The van der Waals surface area contributed by atoms with E-state index in [0.29, 0.717) is 11.4 Å². The van der Waals surface area contributed by atoms with Crippen molar-refractivity contribution < 1.29 is 14.1 Å². The van der Waals surface area contributed by atoms with Crippen LogP contribution in [0.5, 0.6) is 0 Å². The molecule has 0 bridgehead atoms. The lowest BCUT2D eigenvalue weighted by Gasteiger charge is -2.08. The molecule has 124 valence electrons. The first-order chi connectivity index (χ1) is 12.2. The number of nitrogens with one attached hydrogen (secondary N) is 1. The minimum Gasteiger partial charge on any atom is -0.449 e. The van der Waals surface area contributed by atoms with E-state index in [1.54, 1.807) is 13.1 Å². The van der Waals surface area contributed by atoms with Crippen LogP contribution in [0, 0.1) is 0 Å². The quantitative estimate of drug-likeness (QED) is 0.568. The van der Waals surface area contributed by atoms with E-state index in [4.69, 9.17) is 9.26 Å². The van der Waals surface area contributed by atoms with Gasteiger partial charge in [0.05, 0.1) is 5.56 Å². The number of esters is 1. The predicted molar refractivity (Wildman–Crippen MR) is 91.9 cm³/mol. The van der Waals surface area contributed by atoms with Crippen LogP contribution < -0.4 is 0 Å². The Morgan fingerprint density at radius 1 is 1.12 bits per heavy atom. The maximum Gasteiger partial charge on any atom is 0.341 e. The summed E-state index contributed by atoms with van der Waals surface area (Å²) in [5.74, 6) is 0.280. The predicted octanol–water partition coefficient (Wildman–Crippen LogP) is 4.14. The first kappa shape index (κ1) is 15.1. The Morgan fingerprint density at radius 2 is 1.88 bits per heavy atom. The van der Waals surface area contributed by atoms with E-state index in [-0.39, 0.29) is 5.89 Å². The van der Waals surface area contributed by atoms with Crippen LogP contribution in [-0.2, 0) is 4.74 Å². The third-order valence-corrected chi connectivity index (χ3v) is 3.91. The lowest BCUT2D eigenvalue weighted by atomic mass is 10.2. The second-order valence-electron chi connectivity index (χ2n) is 5.62. The molecular weight excluding hydrogens is 318 g/mol. The maximum absolute atomic E-state index is 12.4. The van der Waals surface area contributed by atoms with Crippen molar-refractivity contribution in [2.24, 2.45) is 0 Å². The summed E-state index contributed by atoms with van der Waals surface area (Å²) in [6.45, 7) is 1.70. The molecule has 0 spiro atoms. The lowest BCUT2D eigenvalue weighted by molar-refractivity contribution is 0.0268. The second-order valence-corrected chi connectivity index (χ2v) is 5.62. The molecule has 4 aromatic rings. The Hall–Kier alpha value is -3.41. The lowest BCUT2D eigenvalue weighted by Crippen LogP contribution is -2.09. The summed E-state index contributed by atoms with van der Waals surface area (Å²) in [6, 6.07) is 17.0. The molecule has 0 radical (unpaired) electrons. The zero-order valence-electron chi connectivity index (χ0n) is 13.5. The molecule has 2 aromatic carbocycles. The molecule has 0 saturated carbocycles. The van der Waals surface area contributed by atoms with Gasteiger partial charge in [0.2, 0.25) is 5.82 Å². The van der Waals surface area contributed by atoms with Crippen molar-refractivity contribution in [1.29, 1.82) is 0 Å². The Morgan fingerprint density at radius 3 is 2.72 bits per heavy atom. The molecule has 0 amide bonds. The van der Waals surface area contributed by atoms with E-state index in [2.05, 4.69) is 15.1 Å². The van der Waals surface area contributed by atoms with Gasteiger partial charge < -0.3 is 14.2 Å². The Bertz CT molecular complexity index is 1020. The maximum atomic E-state index is 12.4. The Labute approximate surface area is 143 Å². The molecule has 0 aliphatic rings. The van der Waals surface area contributed by atoms with E-state index in [1.165, 1.54) is 0 Å². The third-order valence-electron chi connectivity index (χ3n) is 3.91. The number of carbonyl (C=O) groups is 1. The fourth-order valence-electron chi connectivity index (χ4n) is 2.62. The van der Waals surface area contributed by atoms with E-state index in [9.17, 15) is 4.79 Å². The van der Waals surface area contributed by atoms with Gasteiger partial charge in [-0.05, 0) is 13.0 Å². The first-order valence-corrected chi connectivity index (χ1v) is 7.88. The average Bonchev–Trinajstić information content (AvgIpc) is 3.30. The number of aromatic nitrogens is 3. The molecule has 0 fully saturated rings. The number of carbonyl (C=O) groups excluding carboxylic acids is 1. The molecule has 2 aromatic heterocycles. The van der Waals surface area contributed by atoms with Gasteiger partial charge in [-0.3, -0.25) is 0 Å². The van der Waals surface area contributed by atoms with Gasteiger partial charge in [0.1, 0.15) is 0 Å². The number of aromatic amines is 1. The number of nitrogens with zero attached hydrogens (tertiary/aromatic N) is 2. The van der Waals surface area contributed by atoms with E-state index in [0.717, 1.165) is 16.5 Å². The number of para-hydroxylation sites is 1. The van der Waals surface area contributed by atoms with Crippen molar-refractivity contribution >= 4 is 16.9 Å². The molecular formula is C19H15N3O3. The number of H-pyrrole nitrogens is 1. The van der Waals surface area contributed by atoms with E-state index in [1.807, 2.05) is 54.6 Å². The molecule has 4 rings (SSSR count). The fourth-order valence-corrected chi connectivity index (χ4v) is 2.62.